The molecule has 3 amide bonds. The van der Waals surface area contributed by atoms with Crippen LogP contribution >= 0.6 is 0 Å². The molecule has 36 heavy (non-hydrogen) atoms. The van der Waals surface area contributed by atoms with Crippen LogP contribution < -0.4 is 14.8 Å². The lowest BCUT2D eigenvalue weighted by molar-refractivity contribution is 0.0475. The molecule has 8 nitrogen and oxygen atoms in total. The molecular formula is C28H26N2O6. The lowest BCUT2D eigenvalue weighted by atomic mass is 10.1. The molecule has 2 aliphatic heterocycles. The van der Waals surface area contributed by atoms with Crippen LogP contribution in [-0.4, -0.2) is 48.5 Å². The summed E-state index contributed by atoms with van der Waals surface area (Å²) in [5.41, 5.74) is 1.64. The van der Waals surface area contributed by atoms with E-state index in [0.717, 1.165) is 12.8 Å². The number of carbonyl (C=O) groups excluding carboxylic acids is 3. The highest BCUT2D eigenvalue weighted by atomic mass is 16.5. The number of anilines is 1. The standard InChI is InChI=1S/C28H26N2O6/c1-2-34-25-11-4-3-10-23(25)26(31)29-18-7-5-8-19(15-18)36-20-12-13-22-24(16-20)28(33)30(27(22)32)17-21-9-6-14-35-21/h3-5,7-8,10-13,15-16,21H,2,6,9,14,17H2,1H3,(H,29,31). The normalized spacial score (nSPS) is 16.7. The van der Waals surface area contributed by atoms with E-state index in [1.165, 1.54) is 4.90 Å². The fraction of sp³-hybridized carbons (Fsp3) is 0.250. The summed E-state index contributed by atoms with van der Waals surface area (Å²) in [5.74, 6) is 0.442. The van der Waals surface area contributed by atoms with Crippen molar-refractivity contribution < 1.29 is 28.6 Å². The van der Waals surface area contributed by atoms with Gasteiger partial charge in [0, 0.05) is 18.4 Å². The van der Waals surface area contributed by atoms with Crippen LogP contribution in [0.4, 0.5) is 5.69 Å². The second kappa shape index (κ2) is 10.2. The number of ether oxygens (including phenoxy) is 3. The number of nitrogens with one attached hydrogen (secondary N) is 1. The van der Waals surface area contributed by atoms with Gasteiger partial charge in [-0.2, -0.15) is 0 Å². The van der Waals surface area contributed by atoms with Crippen LogP contribution in [0.2, 0.25) is 0 Å². The largest absolute Gasteiger partial charge is 0.493 e. The van der Waals surface area contributed by atoms with Crippen LogP contribution in [0.5, 0.6) is 17.2 Å². The third-order valence-electron chi connectivity index (χ3n) is 6.11. The number of carbonyl (C=O) groups is 3. The molecule has 184 valence electrons. The van der Waals surface area contributed by atoms with Gasteiger partial charge in [-0.1, -0.05) is 18.2 Å². The molecule has 2 aliphatic rings. The Balaban J connectivity index is 1.29. The van der Waals surface area contributed by atoms with Crippen LogP contribution in [0.15, 0.2) is 66.7 Å². The van der Waals surface area contributed by atoms with E-state index >= 15 is 0 Å². The molecule has 1 N–H and O–H groups in total. The summed E-state index contributed by atoms with van der Waals surface area (Å²) in [7, 11) is 0. The maximum absolute atomic E-state index is 12.9. The van der Waals surface area contributed by atoms with Gasteiger partial charge in [-0.05, 0) is 62.2 Å². The molecule has 0 spiro atoms. The van der Waals surface area contributed by atoms with Gasteiger partial charge in [0.05, 0.1) is 35.9 Å². The van der Waals surface area contributed by atoms with Crippen LogP contribution in [0, 0.1) is 0 Å². The lowest BCUT2D eigenvalue weighted by Crippen LogP contribution is -2.36. The average molecular weight is 487 g/mol. The molecule has 0 saturated carbocycles. The SMILES string of the molecule is CCOc1ccccc1C(=O)Nc1cccc(Oc2ccc3c(c2)C(=O)N(CC2CCCO2)C3=O)c1. The van der Waals surface area contributed by atoms with Gasteiger partial charge in [-0.25, -0.2) is 0 Å². The van der Waals surface area contributed by atoms with Crippen molar-refractivity contribution in [2.24, 2.45) is 0 Å². The Kier molecular flexibility index (Phi) is 6.69. The van der Waals surface area contributed by atoms with Gasteiger partial charge in [0.1, 0.15) is 17.2 Å². The highest BCUT2D eigenvalue weighted by Crippen LogP contribution is 2.31. The highest BCUT2D eigenvalue weighted by Gasteiger charge is 2.37. The number of hydrogen-bond acceptors (Lipinski definition) is 6. The van der Waals surface area contributed by atoms with Crippen LogP contribution in [0.3, 0.4) is 0 Å². The second-order valence-electron chi connectivity index (χ2n) is 8.58. The molecule has 1 saturated heterocycles. The summed E-state index contributed by atoms with van der Waals surface area (Å²) in [6, 6.07) is 18.8. The van der Waals surface area contributed by atoms with E-state index in [9.17, 15) is 14.4 Å². The molecule has 8 heteroatoms. The Bertz CT molecular complexity index is 1310. The minimum absolute atomic E-state index is 0.110. The number of hydrogen-bond donors (Lipinski definition) is 1. The first-order valence-corrected chi connectivity index (χ1v) is 12.0. The summed E-state index contributed by atoms with van der Waals surface area (Å²) in [6.07, 6.45) is 1.66. The summed E-state index contributed by atoms with van der Waals surface area (Å²) < 4.78 is 17.1. The quantitative estimate of drug-likeness (QED) is 0.455. The molecule has 0 aromatic heterocycles. The van der Waals surface area contributed by atoms with Gasteiger partial charge >= 0.3 is 0 Å². The Morgan fingerprint density at radius 1 is 1.00 bits per heavy atom. The number of amides is 3. The maximum Gasteiger partial charge on any atom is 0.261 e. The highest BCUT2D eigenvalue weighted by molar-refractivity contribution is 6.21. The van der Waals surface area contributed by atoms with Crippen molar-refractivity contribution in [1.82, 2.24) is 4.90 Å². The van der Waals surface area contributed by atoms with E-state index in [1.54, 1.807) is 60.7 Å². The Morgan fingerprint density at radius 2 is 1.81 bits per heavy atom. The van der Waals surface area contributed by atoms with Crippen molar-refractivity contribution in [3.8, 4) is 17.2 Å². The van der Waals surface area contributed by atoms with E-state index in [2.05, 4.69) is 5.32 Å². The first-order chi connectivity index (χ1) is 17.5. The number of imide groups is 1. The molecule has 1 fully saturated rings. The number of benzene rings is 3. The minimum Gasteiger partial charge on any atom is -0.493 e. The minimum atomic E-state index is -0.343. The third kappa shape index (κ3) is 4.81. The van der Waals surface area contributed by atoms with E-state index in [-0.39, 0.29) is 30.4 Å². The third-order valence-corrected chi connectivity index (χ3v) is 6.11. The molecule has 0 bridgehead atoms. The molecule has 3 aromatic rings. The average Bonchev–Trinajstić information content (AvgIpc) is 3.48. The first kappa shape index (κ1) is 23.6. The second-order valence-corrected chi connectivity index (χ2v) is 8.58. The molecule has 3 aromatic carbocycles. The molecular weight excluding hydrogens is 460 g/mol. The van der Waals surface area contributed by atoms with Crippen molar-refractivity contribution in [2.75, 3.05) is 25.1 Å². The van der Waals surface area contributed by atoms with Gasteiger partial charge < -0.3 is 19.5 Å². The van der Waals surface area contributed by atoms with Gasteiger partial charge in [0.15, 0.2) is 0 Å². The predicted octanol–water partition coefficient (Wildman–Crippen LogP) is 4.90. The van der Waals surface area contributed by atoms with E-state index in [1.807, 2.05) is 13.0 Å². The van der Waals surface area contributed by atoms with Crippen molar-refractivity contribution in [2.45, 2.75) is 25.9 Å². The van der Waals surface area contributed by atoms with Crippen LogP contribution in [-0.2, 0) is 4.74 Å². The molecule has 1 atom stereocenters. The Morgan fingerprint density at radius 3 is 2.61 bits per heavy atom. The Hall–Kier alpha value is -4.17. The smallest absolute Gasteiger partial charge is 0.261 e. The molecule has 0 aliphatic carbocycles. The summed E-state index contributed by atoms with van der Waals surface area (Å²) in [4.78, 5) is 39.7. The summed E-state index contributed by atoms with van der Waals surface area (Å²) >= 11 is 0. The van der Waals surface area contributed by atoms with Gasteiger partial charge in [-0.15, -0.1) is 0 Å². The maximum atomic E-state index is 12.9. The Labute approximate surface area is 208 Å². The van der Waals surface area contributed by atoms with Crippen molar-refractivity contribution in [3.63, 3.8) is 0 Å². The number of para-hydroxylation sites is 1. The van der Waals surface area contributed by atoms with Gasteiger partial charge in [0.25, 0.3) is 17.7 Å². The van der Waals surface area contributed by atoms with Crippen LogP contribution in [0.1, 0.15) is 50.8 Å². The van der Waals surface area contributed by atoms with Gasteiger partial charge in [-0.3, -0.25) is 19.3 Å². The fourth-order valence-corrected chi connectivity index (χ4v) is 4.40. The van der Waals surface area contributed by atoms with E-state index < -0.39 is 0 Å². The molecule has 2 heterocycles. The molecule has 5 rings (SSSR count). The van der Waals surface area contributed by atoms with Gasteiger partial charge in [0.2, 0.25) is 0 Å². The predicted molar refractivity (Wildman–Crippen MR) is 133 cm³/mol. The van der Waals surface area contributed by atoms with Crippen LogP contribution in [0.25, 0.3) is 0 Å². The number of nitrogens with zero attached hydrogens (tertiary/aromatic N) is 1. The molecule has 0 radical (unpaired) electrons. The zero-order valence-corrected chi connectivity index (χ0v) is 19.9. The topological polar surface area (TPSA) is 94.2 Å². The van der Waals surface area contributed by atoms with E-state index in [0.29, 0.717) is 52.8 Å². The van der Waals surface area contributed by atoms with E-state index in [4.69, 9.17) is 14.2 Å². The van der Waals surface area contributed by atoms with Crippen molar-refractivity contribution in [3.05, 3.63) is 83.4 Å². The van der Waals surface area contributed by atoms with Crippen molar-refractivity contribution >= 4 is 23.4 Å². The van der Waals surface area contributed by atoms with Crippen molar-refractivity contribution in [1.29, 1.82) is 0 Å². The monoisotopic (exact) mass is 486 g/mol. The lowest BCUT2D eigenvalue weighted by Gasteiger charge is -2.17. The first-order valence-electron chi connectivity index (χ1n) is 12.0. The molecule has 1 unspecified atom stereocenters. The summed E-state index contributed by atoms with van der Waals surface area (Å²) in [6.45, 7) is 3.23. The summed E-state index contributed by atoms with van der Waals surface area (Å²) in [5, 5.41) is 2.86. The zero-order chi connectivity index (χ0) is 25.1. The number of fused-ring (bicyclic) bond motifs is 1. The zero-order valence-electron chi connectivity index (χ0n) is 19.9. The fourth-order valence-electron chi connectivity index (χ4n) is 4.40. The number of rotatable bonds is 8.